The number of esters is 1. The van der Waals surface area contributed by atoms with Crippen LogP contribution in [0.2, 0.25) is 0 Å². The van der Waals surface area contributed by atoms with Gasteiger partial charge in [-0.25, -0.2) is 8.42 Å². The summed E-state index contributed by atoms with van der Waals surface area (Å²) in [6, 6.07) is 0. The van der Waals surface area contributed by atoms with E-state index in [1.54, 1.807) is 0 Å². The summed E-state index contributed by atoms with van der Waals surface area (Å²) < 4.78 is 28.2. The molecule has 0 saturated heterocycles. The number of carbonyl (C=O) groups is 1. The van der Waals surface area contributed by atoms with Crippen molar-refractivity contribution < 1.29 is 17.9 Å². The molecule has 0 heterocycles. The summed E-state index contributed by atoms with van der Waals surface area (Å²) in [7, 11) is -1.70. The van der Waals surface area contributed by atoms with E-state index in [4.69, 9.17) is 0 Å². The standard InChI is InChI=1S/C11H20O4S/c1-9(2)7-16(13,14)8-11(4-5-11)6-10(12)15-3/h9H,4-8H2,1-3H3. The molecule has 0 bridgehead atoms. The fourth-order valence-electron chi connectivity index (χ4n) is 1.96. The van der Waals surface area contributed by atoms with Gasteiger partial charge in [0.05, 0.1) is 25.0 Å². The van der Waals surface area contributed by atoms with Crippen molar-refractivity contribution in [1.29, 1.82) is 0 Å². The Hall–Kier alpha value is -0.580. The Morgan fingerprint density at radius 3 is 2.31 bits per heavy atom. The van der Waals surface area contributed by atoms with Gasteiger partial charge in [0.1, 0.15) is 0 Å². The second kappa shape index (κ2) is 4.73. The third kappa shape index (κ3) is 4.12. The Kier molecular flexibility index (Phi) is 3.99. The van der Waals surface area contributed by atoms with E-state index in [9.17, 15) is 13.2 Å². The SMILES string of the molecule is COC(=O)CC1(CS(=O)(=O)CC(C)C)CC1. The van der Waals surface area contributed by atoms with E-state index in [0.29, 0.717) is 0 Å². The molecule has 0 aliphatic heterocycles. The first-order chi connectivity index (χ1) is 7.29. The van der Waals surface area contributed by atoms with Crippen LogP contribution in [0.15, 0.2) is 0 Å². The highest BCUT2D eigenvalue weighted by molar-refractivity contribution is 7.91. The zero-order chi connectivity index (χ0) is 12.4. The first-order valence-corrected chi connectivity index (χ1v) is 7.38. The Labute approximate surface area is 97.3 Å². The van der Waals surface area contributed by atoms with Crippen LogP contribution >= 0.6 is 0 Å². The summed E-state index contributed by atoms with van der Waals surface area (Å²) in [4.78, 5) is 11.2. The monoisotopic (exact) mass is 248 g/mol. The van der Waals surface area contributed by atoms with E-state index >= 15 is 0 Å². The molecular formula is C11H20O4S. The van der Waals surface area contributed by atoms with Crippen LogP contribution in [-0.2, 0) is 19.4 Å². The topological polar surface area (TPSA) is 60.4 Å². The van der Waals surface area contributed by atoms with Gasteiger partial charge in [0.15, 0.2) is 9.84 Å². The van der Waals surface area contributed by atoms with Gasteiger partial charge in [-0.15, -0.1) is 0 Å². The van der Waals surface area contributed by atoms with Gasteiger partial charge < -0.3 is 4.74 Å². The smallest absolute Gasteiger partial charge is 0.306 e. The van der Waals surface area contributed by atoms with Crippen LogP contribution in [0.25, 0.3) is 0 Å². The fraction of sp³-hybridized carbons (Fsp3) is 0.909. The van der Waals surface area contributed by atoms with Gasteiger partial charge in [-0.1, -0.05) is 13.8 Å². The van der Waals surface area contributed by atoms with Gasteiger partial charge in [0, 0.05) is 0 Å². The van der Waals surface area contributed by atoms with Gasteiger partial charge in [0.25, 0.3) is 0 Å². The molecule has 1 aliphatic carbocycles. The third-order valence-corrected chi connectivity index (χ3v) is 5.04. The highest BCUT2D eigenvalue weighted by Crippen LogP contribution is 2.50. The number of rotatable bonds is 6. The maximum absolute atomic E-state index is 11.8. The molecule has 0 spiro atoms. The first kappa shape index (κ1) is 13.5. The van der Waals surface area contributed by atoms with Crippen molar-refractivity contribution in [3.63, 3.8) is 0 Å². The molecule has 5 heteroatoms. The molecule has 1 aliphatic rings. The molecule has 0 atom stereocenters. The van der Waals surface area contributed by atoms with Crippen LogP contribution in [-0.4, -0.2) is 33.0 Å². The molecule has 0 aromatic rings. The Morgan fingerprint density at radius 2 is 1.94 bits per heavy atom. The van der Waals surface area contributed by atoms with E-state index in [1.165, 1.54) is 7.11 Å². The van der Waals surface area contributed by atoms with Crippen LogP contribution < -0.4 is 0 Å². The van der Waals surface area contributed by atoms with Crippen molar-refractivity contribution >= 4 is 15.8 Å². The van der Waals surface area contributed by atoms with Gasteiger partial charge in [-0.2, -0.15) is 0 Å². The zero-order valence-corrected chi connectivity index (χ0v) is 11.0. The average Bonchev–Trinajstić information content (AvgIpc) is 2.80. The number of ether oxygens (including phenoxy) is 1. The molecule has 16 heavy (non-hydrogen) atoms. The molecule has 0 N–H and O–H groups in total. The highest BCUT2D eigenvalue weighted by atomic mass is 32.2. The minimum atomic E-state index is -3.04. The van der Waals surface area contributed by atoms with Crippen LogP contribution in [0, 0.1) is 11.3 Å². The van der Waals surface area contributed by atoms with Crippen LogP contribution in [0.4, 0.5) is 0 Å². The molecule has 0 aromatic carbocycles. The second-order valence-electron chi connectivity index (χ2n) is 5.20. The summed E-state index contributed by atoms with van der Waals surface area (Å²) >= 11 is 0. The quantitative estimate of drug-likeness (QED) is 0.667. The molecule has 94 valence electrons. The zero-order valence-electron chi connectivity index (χ0n) is 10.2. The molecule has 4 nitrogen and oxygen atoms in total. The molecule has 1 rings (SSSR count). The predicted octanol–water partition coefficient (Wildman–Crippen LogP) is 1.40. The maximum atomic E-state index is 11.8. The lowest BCUT2D eigenvalue weighted by Gasteiger charge is -2.14. The highest BCUT2D eigenvalue weighted by Gasteiger charge is 2.47. The predicted molar refractivity (Wildman–Crippen MR) is 61.8 cm³/mol. The summed E-state index contributed by atoms with van der Waals surface area (Å²) in [6.45, 7) is 3.77. The lowest BCUT2D eigenvalue weighted by Crippen LogP contribution is -2.24. The summed E-state index contributed by atoms with van der Waals surface area (Å²) in [5, 5.41) is 0. The number of sulfone groups is 1. The average molecular weight is 248 g/mol. The summed E-state index contributed by atoms with van der Waals surface area (Å²) in [5.74, 6) is 0.166. The normalized spacial score (nSPS) is 18.5. The summed E-state index contributed by atoms with van der Waals surface area (Å²) in [5.41, 5.74) is -0.319. The first-order valence-electron chi connectivity index (χ1n) is 5.56. The minimum absolute atomic E-state index is 0.132. The van der Waals surface area contributed by atoms with Gasteiger partial charge in [-0.3, -0.25) is 4.79 Å². The largest absolute Gasteiger partial charge is 0.469 e. The Bertz CT molecular complexity index is 352. The number of hydrogen-bond acceptors (Lipinski definition) is 4. The number of methoxy groups -OCH3 is 1. The number of carbonyl (C=O) groups excluding carboxylic acids is 1. The van der Waals surface area contributed by atoms with E-state index in [2.05, 4.69) is 4.74 Å². The van der Waals surface area contributed by atoms with E-state index < -0.39 is 9.84 Å². The van der Waals surface area contributed by atoms with Crippen molar-refractivity contribution in [3.8, 4) is 0 Å². The third-order valence-electron chi connectivity index (χ3n) is 2.82. The van der Waals surface area contributed by atoms with Crippen LogP contribution in [0.1, 0.15) is 33.1 Å². The Balaban J connectivity index is 2.56. The van der Waals surface area contributed by atoms with Crippen LogP contribution in [0.5, 0.6) is 0 Å². The fourth-order valence-corrected chi connectivity index (χ4v) is 4.42. The molecule has 0 unspecified atom stereocenters. The molecule has 1 fully saturated rings. The van der Waals surface area contributed by atoms with Crippen molar-refractivity contribution in [1.82, 2.24) is 0 Å². The molecular weight excluding hydrogens is 228 g/mol. The van der Waals surface area contributed by atoms with Gasteiger partial charge in [0.2, 0.25) is 0 Å². The Morgan fingerprint density at radius 1 is 1.38 bits per heavy atom. The lowest BCUT2D eigenvalue weighted by molar-refractivity contribution is -0.141. The number of hydrogen-bond donors (Lipinski definition) is 0. The molecule has 0 aromatic heterocycles. The van der Waals surface area contributed by atoms with Crippen molar-refractivity contribution in [2.45, 2.75) is 33.1 Å². The van der Waals surface area contributed by atoms with Crippen molar-refractivity contribution in [2.24, 2.45) is 11.3 Å². The lowest BCUT2D eigenvalue weighted by atomic mass is 10.1. The molecule has 0 radical (unpaired) electrons. The van der Waals surface area contributed by atoms with Gasteiger partial charge in [-0.05, 0) is 24.2 Å². The summed E-state index contributed by atoms with van der Waals surface area (Å²) in [6.07, 6.45) is 1.87. The van der Waals surface area contributed by atoms with Gasteiger partial charge >= 0.3 is 5.97 Å². The van der Waals surface area contributed by atoms with E-state index in [0.717, 1.165) is 12.8 Å². The van der Waals surface area contributed by atoms with E-state index in [-0.39, 0.29) is 35.2 Å². The van der Waals surface area contributed by atoms with Crippen molar-refractivity contribution in [2.75, 3.05) is 18.6 Å². The minimum Gasteiger partial charge on any atom is -0.469 e. The maximum Gasteiger partial charge on any atom is 0.306 e. The second-order valence-corrected chi connectivity index (χ2v) is 7.31. The van der Waals surface area contributed by atoms with Crippen molar-refractivity contribution in [3.05, 3.63) is 0 Å². The molecule has 0 amide bonds. The van der Waals surface area contributed by atoms with Crippen LogP contribution in [0.3, 0.4) is 0 Å². The molecule has 1 saturated carbocycles. The van der Waals surface area contributed by atoms with E-state index in [1.807, 2.05) is 13.8 Å².